The first-order valence-corrected chi connectivity index (χ1v) is 9.55. The number of ketones is 1. The second kappa shape index (κ2) is 9.56. The summed E-state index contributed by atoms with van der Waals surface area (Å²) in [5.74, 6) is -0.891. The normalized spacial score (nSPS) is 11.6. The van der Waals surface area contributed by atoms with Crippen LogP contribution in [0, 0.1) is 27.7 Å². The van der Waals surface area contributed by atoms with Crippen molar-refractivity contribution in [2.75, 3.05) is 6.61 Å². The summed E-state index contributed by atoms with van der Waals surface area (Å²) in [5, 5.41) is 3.03. The third kappa shape index (κ3) is 5.81. The van der Waals surface area contributed by atoms with Crippen molar-refractivity contribution in [1.82, 2.24) is 5.32 Å². The molecular weight excluding hydrogens is 392 g/mol. The van der Waals surface area contributed by atoms with Crippen LogP contribution in [0.5, 0.6) is 0 Å². The number of urea groups is 1. The smallest absolute Gasteiger partial charge is 0.312 e. The zero-order valence-electron chi connectivity index (χ0n) is 17.0. The lowest BCUT2D eigenvalue weighted by Crippen LogP contribution is -2.34. The molecule has 2 aromatic carbocycles. The van der Waals surface area contributed by atoms with Crippen LogP contribution in [0.15, 0.2) is 30.3 Å². The van der Waals surface area contributed by atoms with Gasteiger partial charge in [0.25, 0.3) is 0 Å². The van der Waals surface area contributed by atoms with Crippen LogP contribution in [-0.2, 0) is 9.53 Å². The molecule has 0 heterocycles. The molecule has 6 nitrogen and oxygen atoms in total. The molecule has 3 N–H and O–H groups in total. The molecule has 2 amide bonds. The van der Waals surface area contributed by atoms with Gasteiger partial charge in [0.15, 0.2) is 6.61 Å². The molecule has 7 heteroatoms. The van der Waals surface area contributed by atoms with E-state index in [1.54, 1.807) is 24.3 Å². The summed E-state index contributed by atoms with van der Waals surface area (Å²) < 4.78 is 5.17. The first kappa shape index (κ1) is 22.4. The quantitative estimate of drug-likeness (QED) is 0.524. The first-order valence-electron chi connectivity index (χ1n) is 9.17. The van der Waals surface area contributed by atoms with Crippen molar-refractivity contribution in [3.05, 3.63) is 68.7 Å². The van der Waals surface area contributed by atoms with Gasteiger partial charge in [-0.1, -0.05) is 23.7 Å². The average molecular weight is 417 g/mol. The van der Waals surface area contributed by atoms with E-state index in [-0.39, 0.29) is 18.8 Å². The van der Waals surface area contributed by atoms with Gasteiger partial charge in [-0.2, -0.15) is 0 Å². The summed E-state index contributed by atoms with van der Waals surface area (Å²) in [7, 11) is 0. The fourth-order valence-electron chi connectivity index (χ4n) is 3.07. The van der Waals surface area contributed by atoms with Gasteiger partial charge in [-0.3, -0.25) is 9.59 Å². The maximum absolute atomic E-state index is 12.6. The molecule has 0 saturated carbocycles. The average Bonchev–Trinajstić information content (AvgIpc) is 2.67. The third-order valence-corrected chi connectivity index (χ3v) is 5.36. The van der Waals surface area contributed by atoms with Gasteiger partial charge in [-0.15, -0.1) is 0 Å². The molecule has 0 unspecified atom stereocenters. The van der Waals surface area contributed by atoms with E-state index in [4.69, 9.17) is 22.1 Å². The Labute approximate surface area is 175 Å². The SMILES string of the molecule is Cc1cc(C(=O)COC(=O)C[C@H](NC(N)=O)c2ccc(Cl)cc2)c(C)c(C)c1C. The lowest BCUT2D eigenvalue weighted by Gasteiger charge is -2.18. The number of ether oxygens (including phenoxy) is 1. The van der Waals surface area contributed by atoms with E-state index >= 15 is 0 Å². The molecule has 0 radical (unpaired) electrons. The second-order valence-corrected chi connectivity index (χ2v) is 7.45. The van der Waals surface area contributed by atoms with E-state index in [2.05, 4.69) is 5.32 Å². The molecule has 2 rings (SSSR count). The molecular formula is C22H25ClN2O4. The number of aryl methyl sites for hydroxylation is 1. The number of benzene rings is 2. The predicted molar refractivity (Wildman–Crippen MR) is 112 cm³/mol. The molecule has 0 aromatic heterocycles. The Morgan fingerprint density at radius 1 is 1.03 bits per heavy atom. The number of carbonyl (C=O) groups excluding carboxylic acids is 3. The van der Waals surface area contributed by atoms with Gasteiger partial charge in [0.05, 0.1) is 12.5 Å². The number of primary amides is 1. The van der Waals surface area contributed by atoms with Crippen molar-refractivity contribution in [1.29, 1.82) is 0 Å². The highest BCUT2D eigenvalue weighted by molar-refractivity contribution is 6.30. The fraction of sp³-hybridized carbons (Fsp3) is 0.318. The Balaban J connectivity index is 2.06. The number of Topliss-reactive ketones (excluding diaryl/α,β-unsaturated/α-hetero) is 1. The molecule has 0 fully saturated rings. The molecule has 0 aliphatic rings. The van der Waals surface area contributed by atoms with E-state index in [0.29, 0.717) is 16.1 Å². The summed E-state index contributed by atoms with van der Waals surface area (Å²) in [6.45, 7) is 7.42. The predicted octanol–water partition coefficient (Wildman–Crippen LogP) is 4.10. The van der Waals surface area contributed by atoms with Crippen molar-refractivity contribution in [2.45, 2.75) is 40.2 Å². The van der Waals surface area contributed by atoms with Gasteiger partial charge >= 0.3 is 12.0 Å². The monoisotopic (exact) mass is 416 g/mol. The largest absolute Gasteiger partial charge is 0.457 e. The fourth-order valence-corrected chi connectivity index (χ4v) is 3.20. The van der Waals surface area contributed by atoms with Crippen LogP contribution in [0.2, 0.25) is 5.02 Å². The van der Waals surface area contributed by atoms with Crippen molar-refractivity contribution in [2.24, 2.45) is 5.73 Å². The van der Waals surface area contributed by atoms with E-state index in [1.165, 1.54) is 0 Å². The van der Waals surface area contributed by atoms with E-state index in [1.807, 2.05) is 33.8 Å². The summed E-state index contributed by atoms with van der Waals surface area (Å²) in [6.07, 6.45) is -0.164. The summed E-state index contributed by atoms with van der Waals surface area (Å²) >= 11 is 5.87. The summed E-state index contributed by atoms with van der Waals surface area (Å²) in [5.41, 5.74) is 10.5. The van der Waals surface area contributed by atoms with Crippen molar-refractivity contribution in [3.8, 4) is 0 Å². The lowest BCUT2D eigenvalue weighted by atomic mass is 9.93. The van der Waals surface area contributed by atoms with Crippen LogP contribution in [0.25, 0.3) is 0 Å². The minimum Gasteiger partial charge on any atom is -0.457 e. The van der Waals surface area contributed by atoms with E-state index in [9.17, 15) is 14.4 Å². The number of hydrogen-bond donors (Lipinski definition) is 2. The minimum atomic E-state index is -0.768. The highest BCUT2D eigenvalue weighted by Gasteiger charge is 2.20. The van der Waals surface area contributed by atoms with Crippen LogP contribution < -0.4 is 11.1 Å². The first-order chi connectivity index (χ1) is 13.6. The molecule has 0 bridgehead atoms. The number of nitrogens with two attached hydrogens (primary N) is 1. The summed E-state index contributed by atoms with van der Waals surface area (Å²) in [4.78, 5) is 36.2. The minimum absolute atomic E-state index is 0.164. The molecule has 2 aromatic rings. The molecule has 154 valence electrons. The number of esters is 1. The van der Waals surface area contributed by atoms with Crippen LogP contribution >= 0.6 is 11.6 Å². The molecule has 0 aliphatic heterocycles. The maximum atomic E-state index is 12.6. The Bertz CT molecular complexity index is 939. The van der Waals surface area contributed by atoms with E-state index < -0.39 is 18.0 Å². The highest BCUT2D eigenvalue weighted by Crippen LogP contribution is 2.22. The van der Waals surface area contributed by atoms with Crippen molar-refractivity contribution in [3.63, 3.8) is 0 Å². The highest BCUT2D eigenvalue weighted by atomic mass is 35.5. The van der Waals surface area contributed by atoms with Gasteiger partial charge in [-0.05, 0) is 73.7 Å². The Morgan fingerprint density at radius 3 is 2.24 bits per heavy atom. The summed E-state index contributed by atoms with van der Waals surface area (Å²) in [6, 6.07) is 7.02. The Morgan fingerprint density at radius 2 is 1.66 bits per heavy atom. The van der Waals surface area contributed by atoms with Crippen LogP contribution in [0.4, 0.5) is 4.79 Å². The number of halogens is 1. The Kier molecular flexibility index (Phi) is 7.40. The number of amides is 2. The number of carbonyl (C=O) groups is 3. The molecule has 0 spiro atoms. The maximum Gasteiger partial charge on any atom is 0.312 e. The second-order valence-electron chi connectivity index (χ2n) is 7.02. The standard InChI is InChI=1S/C22H25ClN2O4/c1-12-9-18(15(4)14(3)13(12)2)20(26)11-29-21(27)10-19(25-22(24)28)16-5-7-17(23)8-6-16/h5-9,19H,10-11H2,1-4H3,(H3,24,25,28)/t19-/m0/s1. The van der Waals surface area contributed by atoms with Gasteiger partial charge in [-0.25, -0.2) is 4.79 Å². The van der Waals surface area contributed by atoms with Gasteiger partial charge in [0.2, 0.25) is 5.78 Å². The van der Waals surface area contributed by atoms with Gasteiger partial charge < -0.3 is 15.8 Å². The molecule has 0 aliphatic carbocycles. The zero-order chi connectivity index (χ0) is 21.7. The van der Waals surface area contributed by atoms with E-state index in [0.717, 1.165) is 22.3 Å². The van der Waals surface area contributed by atoms with Crippen molar-refractivity contribution < 1.29 is 19.1 Å². The number of nitrogens with one attached hydrogen (secondary N) is 1. The van der Waals surface area contributed by atoms with Crippen LogP contribution in [0.1, 0.15) is 50.6 Å². The Hall–Kier alpha value is -2.86. The number of rotatable bonds is 7. The van der Waals surface area contributed by atoms with Crippen LogP contribution in [-0.4, -0.2) is 24.4 Å². The molecule has 0 saturated heterocycles. The third-order valence-electron chi connectivity index (χ3n) is 5.11. The lowest BCUT2D eigenvalue weighted by molar-refractivity contribution is -0.143. The van der Waals surface area contributed by atoms with Crippen molar-refractivity contribution >= 4 is 29.4 Å². The zero-order valence-corrected chi connectivity index (χ0v) is 17.7. The van der Waals surface area contributed by atoms with Crippen LogP contribution in [0.3, 0.4) is 0 Å². The molecule has 1 atom stereocenters. The van der Waals surface area contributed by atoms with Gasteiger partial charge in [0.1, 0.15) is 0 Å². The van der Waals surface area contributed by atoms with Gasteiger partial charge in [0, 0.05) is 10.6 Å². The molecule has 29 heavy (non-hydrogen) atoms. The topological polar surface area (TPSA) is 98.5 Å². The number of hydrogen-bond acceptors (Lipinski definition) is 4.